The average molecular weight is 680 g/mol. The minimum Gasteiger partial charge on any atom is -0.507 e. The second-order valence-electron chi connectivity index (χ2n) is 11.4. The number of carbonyl (C=O) groups excluding carboxylic acids is 2. The molecule has 1 aromatic heterocycles. The van der Waals surface area contributed by atoms with Crippen molar-refractivity contribution in [2.24, 2.45) is 0 Å². The van der Waals surface area contributed by atoms with Gasteiger partial charge in [-0.1, -0.05) is 97.5 Å². The van der Waals surface area contributed by atoms with Crippen molar-refractivity contribution in [3.63, 3.8) is 0 Å². The van der Waals surface area contributed by atoms with Crippen molar-refractivity contribution in [3.05, 3.63) is 107 Å². The summed E-state index contributed by atoms with van der Waals surface area (Å²) < 4.78 is 18.0. The Bertz CT molecular complexity index is 2020. The number of aromatic nitrogens is 2. The number of anilines is 1. The Balaban J connectivity index is 1.24. The predicted molar refractivity (Wildman–Crippen MR) is 187 cm³/mol. The van der Waals surface area contributed by atoms with Gasteiger partial charge in [-0.25, -0.2) is 0 Å². The zero-order valence-corrected chi connectivity index (χ0v) is 27.9. The van der Waals surface area contributed by atoms with Gasteiger partial charge in [-0.2, -0.15) is 0 Å². The smallest absolute Gasteiger partial charge is 0.301 e. The molecule has 1 atom stereocenters. The van der Waals surface area contributed by atoms with Crippen LogP contribution in [0.5, 0.6) is 17.2 Å². The lowest BCUT2D eigenvalue weighted by molar-refractivity contribution is -0.132. The second-order valence-corrected chi connectivity index (χ2v) is 13.6. The normalized spacial score (nSPS) is 16.9. The molecular weight excluding hydrogens is 647 g/mol. The summed E-state index contributed by atoms with van der Waals surface area (Å²) in [6.45, 7) is 3.46. The lowest BCUT2D eigenvalue weighted by atomic mass is 9.95. The van der Waals surface area contributed by atoms with Crippen LogP contribution in [0.4, 0.5) is 5.13 Å². The summed E-state index contributed by atoms with van der Waals surface area (Å²) in [7, 11) is 0. The van der Waals surface area contributed by atoms with Gasteiger partial charge in [-0.15, -0.1) is 10.2 Å². The number of rotatable bonds is 11. The van der Waals surface area contributed by atoms with Crippen LogP contribution in [-0.2, 0) is 15.3 Å². The van der Waals surface area contributed by atoms with Crippen LogP contribution in [0.15, 0.2) is 94.8 Å². The predicted octanol–water partition coefficient (Wildman–Crippen LogP) is 7.95. The van der Waals surface area contributed by atoms with Crippen LogP contribution >= 0.6 is 23.1 Å². The molecule has 11 heteroatoms. The molecule has 48 heavy (non-hydrogen) atoms. The summed E-state index contributed by atoms with van der Waals surface area (Å²) in [5, 5.41) is 23.0. The quantitative estimate of drug-likeness (QED) is 0.0371. The number of fused-ring (bicyclic) bond motifs is 2. The number of benzene rings is 4. The monoisotopic (exact) mass is 679 g/mol. The number of thioether (sulfide) groups is 1. The van der Waals surface area contributed by atoms with Crippen molar-refractivity contribution in [2.75, 3.05) is 24.7 Å². The molecule has 0 saturated carbocycles. The highest BCUT2D eigenvalue weighted by Gasteiger charge is 2.48. The van der Waals surface area contributed by atoms with Crippen molar-refractivity contribution in [2.45, 2.75) is 42.3 Å². The van der Waals surface area contributed by atoms with Gasteiger partial charge in [-0.05, 0) is 58.7 Å². The molecule has 5 aromatic rings. The molecule has 0 spiro atoms. The second kappa shape index (κ2) is 14.1. The number of aliphatic hydroxyl groups excluding tert-OH is 1. The van der Waals surface area contributed by atoms with Crippen molar-refractivity contribution in [1.82, 2.24) is 10.2 Å². The molecule has 1 fully saturated rings. The fourth-order valence-corrected chi connectivity index (χ4v) is 7.80. The van der Waals surface area contributed by atoms with E-state index in [0.29, 0.717) is 58.3 Å². The molecule has 9 nitrogen and oxygen atoms in total. The van der Waals surface area contributed by atoms with E-state index in [2.05, 4.69) is 41.4 Å². The van der Waals surface area contributed by atoms with Crippen molar-refractivity contribution in [1.29, 1.82) is 0 Å². The van der Waals surface area contributed by atoms with Gasteiger partial charge in [-0.3, -0.25) is 14.5 Å². The van der Waals surface area contributed by atoms with E-state index < -0.39 is 17.7 Å². The van der Waals surface area contributed by atoms with E-state index in [-0.39, 0.29) is 16.5 Å². The number of hydrogen-bond donors (Lipinski definition) is 1. The number of ether oxygens (including phenoxy) is 3. The molecule has 1 amide bonds. The molecular formula is C37H33N3O6S2. The van der Waals surface area contributed by atoms with Gasteiger partial charge in [0.05, 0.1) is 18.2 Å². The molecule has 7 rings (SSSR count). The van der Waals surface area contributed by atoms with Crippen LogP contribution in [-0.4, -0.2) is 46.8 Å². The maximum Gasteiger partial charge on any atom is 0.301 e. The number of Topliss-reactive ketones (excluding diaryl/α,β-unsaturated/α-hetero) is 1. The molecule has 0 unspecified atom stereocenters. The van der Waals surface area contributed by atoms with Gasteiger partial charge >= 0.3 is 5.91 Å². The number of nitrogens with zero attached hydrogens (tertiary/aromatic N) is 3. The Hall–Kier alpha value is -4.87. The lowest BCUT2D eigenvalue weighted by Crippen LogP contribution is -2.29. The highest BCUT2D eigenvalue weighted by molar-refractivity contribution is 8.00. The molecule has 244 valence electrons. The van der Waals surface area contributed by atoms with E-state index in [1.165, 1.54) is 33.4 Å². The number of unbranched alkanes of at least 4 members (excludes halogenated alkanes) is 2. The van der Waals surface area contributed by atoms with E-state index >= 15 is 0 Å². The molecule has 0 radical (unpaired) electrons. The zero-order valence-electron chi connectivity index (χ0n) is 26.3. The zero-order chi connectivity index (χ0) is 33.0. The first-order chi connectivity index (χ1) is 23.5. The number of hydrogen-bond acceptors (Lipinski definition) is 10. The first-order valence-corrected chi connectivity index (χ1v) is 17.7. The third-order valence-electron chi connectivity index (χ3n) is 8.28. The van der Waals surface area contributed by atoms with Crippen LogP contribution in [0, 0.1) is 0 Å². The molecule has 1 saturated heterocycles. The molecule has 1 N–H and O–H groups in total. The first-order valence-electron chi connectivity index (χ1n) is 15.9. The fourth-order valence-electron chi connectivity index (χ4n) is 5.92. The van der Waals surface area contributed by atoms with E-state index in [0.717, 1.165) is 30.2 Å². The standard InChI is InChI=1S/C37H33N3O6S2/c1-2-3-6-17-44-27-13-8-11-24(20-27)32-31(33(41)25-15-16-29-30(21-25)46-19-18-45-29)34(42)35(43)40(32)36-38-39-37(48-36)47-22-26-12-7-10-23-9-4-5-14-28(23)26/h4-5,7-16,20-21,32,41H,2-3,6,17-19,22H2,1H3/t32-/m0/s1. The molecule has 2 aliphatic rings. The van der Waals surface area contributed by atoms with E-state index in [9.17, 15) is 14.7 Å². The number of aliphatic hydroxyl groups is 1. The average Bonchev–Trinajstić information content (AvgIpc) is 3.70. The SMILES string of the molecule is CCCCCOc1cccc([C@H]2C(=C(O)c3ccc4c(c3)OCCO4)C(=O)C(=O)N2c2nnc(SCc3cccc4ccccc34)s2)c1. The lowest BCUT2D eigenvalue weighted by Gasteiger charge is -2.23. The Kier molecular flexibility index (Phi) is 9.31. The molecule has 0 aliphatic carbocycles. The van der Waals surface area contributed by atoms with Gasteiger partial charge in [0.1, 0.15) is 24.7 Å². The third-order valence-corrected chi connectivity index (χ3v) is 10.4. The largest absolute Gasteiger partial charge is 0.507 e. The van der Waals surface area contributed by atoms with Gasteiger partial charge in [0.15, 0.2) is 15.8 Å². The molecule has 2 aliphatic heterocycles. The van der Waals surface area contributed by atoms with Crippen LogP contribution < -0.4 is 19.1 Å². The summed E-state index contributed by atoms with van der Waals surface area (Å²) in [5.41, 5.74) is 2.03. The maximum absolute atomic E-state index is 13.8. The Labute approximate surface area is 286 Å². The number of carbonyl (C=O) groups is 2. The minimum absolute atomic E-state index is 0.0556. The van der Waals surface area contributed by atoms with Gasteiger partial charge in [0.2, 0.25) is 5.13 Å². The summed E-state index contributed by atoms with van der Waals surface area (Å²) in [6, 6.07) is 25.7. The molecule has 0 bridgehead atoms. The van der Waals surface area contributed by atoms with Gasteiger partial charge < -0.3 is 19.3 Å². The molecule has 4 aromatic carbocycles. The van der Waals surface area contributed by atoms with Crippen LogP contribution in [0.1, 0.15) is 48.9 Å². The number of amides is 1. The Morgan fingerprint density at radius 1 is 0.958 bits per heavy atom. The van der Waals surface area contributed by atoms with Crippen LogP contribution in [0.3, 0.4) is 0 Å². The van der Waals surface area contributed by atoms with Gasteiger partial charge in [0, 0.05) is 11.3 Å². The van der Waals surface area contributed by atoms with Crippen molar-refractivity contribution < 1.29 is 28.9 Å². The minimum atomic E-state index is -0.971. The van der Waals surface area contributed by atoms with Crippen LogP contribution in [0.25, 0.3) is 16.5 Å². The highest BCUT2D eigenvalue weighted by Crippen LogP contribution is 2.45. The Morgan fingerprint density at radius 3 is 2.65 bits per heavy atom. The molecule has 3 heterocycles. The maximum atomic E-state index is 13.8. The Morgan fingerprint density at radius 2 is 1.77 bits per heavy atom. The first kappa shape index (κ1) is 31.7. The van der Waals surface area contributed by atoms with Crippen molar-refractivity contribution >= 4 is 56.5 Å². The fraction of sp³-hybridized carbons (Fsp3) is 0.243. The summed E-state index contributed by atoms with van der Waals surface area (Å²) in [6.07, 6.45) is 3.03. The summed E-state index contributed by atoms with van der Waals surface area (Å²) >= 11 is 2.75. The van der Waals surface area contributed by atoms with E-state index in [1.54, 1.807) is 18.2 Å². The summed E-state index contributed by atoms with van der Waals surface area (Å²) in [5.74, 6) is 0.330. The van der Waals surface area contributed by atoms with Gasteiger partial charge in [0.25, 0.3) is 5.78 Å². The highest BCUT2D eigenvalue weighted by atomic mass is 32.2. The van der Waals surface area contributed by atoms with Crippen molar-refractivity contribution in [3.8, 4) is 17.2 Å². The third kappa shape index (κ3) is 6.35. The summed E-state index contributed by atoms with van der Waals surface area (Å²) in [4.78, 5) is 29.0. The van der Waals surface area contributed by atoms with E-state index in [1.807, 2.05) is 42.5 Å². The topological polar surface area (TPSA) is 111 Å². The van der Waals surface area contributed by atoms with Crippen LogP contribution in [0.2, 0.25) is 0 Å². The number of ketones is 1. The van der Waals surface area contributed by atoms with E-state index in [4.69, 9.17) is 14.2 Å².